The number of pyridine rings is 1. The summed E-state index contributed by atoms with van der Waals surface area (Å²) < 4.78 is 11.7. The topological polar surface area (TPSA) is 24.9 Å². The molecule has 0 aliphatic carbocycles. The molecule has 5 heteroatoms. The molecule has 0 saturated heterocycles. The summed E-state index contributed by atoms with van der Waals surface area (Å²) in [4.78, 5) is 3.86. The number of nitrogens with one attached hydrogen (secondary N) is 1. The smallest absolute Gasteiger partial charge is 0.147 e. The Bertz CT molecular complexity index is 281. The third kappa shape index (κ3) is 3.46. The number of hydrogen-bond acceptors (Lipinski definition) is 2. The van der Waals surface area contributed by atoms with Gasteiger partial charge in [-0.2, -0.15) is 0 Å². The molecule has 0 spiro atoms. The zero-order chi connectivity index (χ0) is 9.68. The first-order chi connectivity index (χ1) is 6.24. The zero-order valence-corrected chi connectivity index (χ0v) is 8.37. The largest absolute Gasteiger partial charge is 0.310 e. The molecule has 0 aliphatic rings. The predicted octanol–water partition coefficient (Wildman–Crippen LogP) is 2.45. The molecule has 0 aromatic carbocycles. The van der Waals surface area contributed by atoms with E-state index in [1.807, 2.05) is 0 Å². The van der Waals surface area contributed by atoms with Crippen molar-refractivity contribution in [1.82, 2.24) is 10.3 Å². The summed E-state index contributed by atoms with van der Waals surface area (Å²) in [6.07, 6.45) is 1.61. The lowest BCUT2D eigenvalue weighted by molar-refractivity contribution is 0.466. The summed E-state index contributed by atoms with van der Waals surface area (Å²) in [7, 11) is 0. The minimum atomic E-state index is -0.380. The van der Waals surface area contributed by atoms with E-state index < -0.39 is 0 Å². The first-order valence-corrected chi connectivity index (χ1v) is 4.56. The van der Waals surface area contributed by atoms with Gasteiger partial charge in [0.2, 0.25) is 0 Å². The minimum absolute atomic E-state index is 0.288. The molecule has 13 heavy (non-hydrogen) atoms. The maximum atomic E-state index is 11.7. The Morgan fingerprint density at radius 2 is 2.23 bits per heavy atom. The fraction of sp³-hybridized carbons (Fsp3) is 0.375. The van der Waals surface area contributed by atoms with E-state index in [2.05, 4.69) is 10.3 Å². The molecule has 1 heterocycles. The van der Waals surface area contributed by atoms with E-state index in [0.717, 1.165) is 5.56 Å². The van der Waals surface area contributed by atoms with Crippen molar-refractivity contribution in [1.29, 1.82) is 0 Å². The lowest BCUT2D eigenvalue weighted by Crippen LogP contribution is -2.16. The molecule has 0 aliphatic heterocycles. The fourth-order valence-corrected chi connectivity index (χ4v) is 1.15. The van der Waals surface area contributed by atoms with Gasteiger partial charge in [0.25, 0.3) is 0 Å². The van der Waals surface area contributed by atoms with E-state index in [0.29, 0.717) is 18.1 Å². The van der Waals surface area contributed by atoms with Crippen LogP contribution < -0.4 is 5.32 Å². The molecular weight excluding hydrogens is 214 g/mol. The van der Waals surface area contributed by atoms with Gasteiger partial charge in [-0.25, -0.2) is 9.37 Å². The SMILES string of the molecule is FCCNCc1cnc(Cl)c(Cl)c1. The van der Waals surface area contributed by atoms with Crippen LogP contribution in [0.15, 0.2) is 12.3 Å². The maximum absolute atomic E-state index is 11.7. The highest BCUT2D eigenvalue weighted by molar-refractivity contribution is 6.41. The molecule has 2 nitrogen and oxygen atoms in total. The monoisotopic (exact) mass is 222 g/mol. The van der Waals surface area contributed by atoms with E-state index in [-0.39, 0.29) is 11.8 Å². The van der Waals surface area contributed by atoms with E-state index in [9.17, 15) is 4.39 Å². The average Bonchev–Trinajstić information content (AvgIpc) is 2.12. The van der Waals surface area contributed by atoms with Gasteiger partial charge in [-0.3, -0.25) is 0 Å². The van der Waals surface area contributed by atoms with E-state index in [1.165, 1.54) is 0 Å². The van der Waals surface area contributed by atoms with Gasteiger partial charge in [-0.05, 0) is 11.6 Å². The van der Waals surface area contributed by atoms with Gasteiger partial charge in [-0.15, -0.1) is 0 Å². The van der Waals surface area contributed by atoms with Gasteiger partial charge in [0.05, 0.1) is 5.02 Å². The Kier molecular flexibility index (Phi) is 4.42. The van der Waals surface area contributed by atoms with Crippen LogP contribution in [-0.4, -0.2) is 18.2 Å². The van der Waals surface area contributed by atoms with Crippen LogP contribution in [0, 0.1) is 0 Å². The van der Waals surface area contributed by atoms with Gasteiger partial charge >= 0.3 is 0 Å². The molecule has 0 saturated carbocycles. The van der Waals surface area contributed by atoms with Gasteiger partial charge in [0, 0.05) is 19.3 Å². The molecule has 1 aromatic rings. The molecule has 0 radical (unpaired) electrons. The molecule has 0 fully saturated rings. The van der Waals surface area contributed by atoms with Crippen molar-refractivity contribution in [2.45, 2.75) is 6.54 Å². The molecule has 0 atom stereocenters. The van der Waals surface area contributed by atoms with Crippen LogP contribution in [0.3, 0.4) is 0 Å². The Balaban J connectivity index is 2.53. The highest BCUT2D eigenvalue weighted by atomic mass is 35.5. The first kappa shape index (κ1) is 10.7. The van der Waals surface area contributed by atoms with Gasteiger partial charge < -0.3 is 5.32 Å². The van der Waals surface area contributed by atoms with Crippen molar-refractivity contribution in [3.05, 3.63) is 28.0 Å². The van der Waals surface area contributed by atoms with Crippen molar-refractivity contribution in [3.63, 3.8) is 0 Å². The molecule has 1 aromatic heterocycles. The predicted molar refractivity (Wildman–Crippen MR) is 51.9 cm³/mol. The standard InChI is InChI=1S/C8H9Cl2FN2/c9-7-3-6(4-12-2-1-11)5-13-8(7)10/h3,5,12H,1-2,4H2. The van der Waals surface area contributed by atoms with Crippen LogP contribution in [0.1, 0.15) is 5.56 Å². The fourth-order valence-electron chi connectivity index (χ4n) is 0.857. The number of hydrogen-bond donors (Lipinski definition) is 1. The summed E-state index contributed by atoms with van der Waals surface area (Å²) in [6.45, 7) is 0.503. The number of nitrogens with zero attached hydrogens (tertiary/aromatic N) is 1. The Labute approximate surface area is 86.1 Å². The van der Waals surface area contributed by atoms with Crippen molar-refractivity contribution in [2.24, 2.45) is 0 Å². The molecule has 1 N–H and O–H groups in total. The Hall–Kier alpha value is -0.380. The van der Waals surface area contributed by atoms with Crippen LogP contribution in [0.25, 0.3) is 0 Å². The van der Waals surface area contributed by atoms with Gasteiger partial charge in [0.15, 0.2) is 0 Å². The second-order valence-corrected chi connectivity index (χ2v) is 3.25. The highest BCUT2D eigenvalue weighted by Gasteiger charge is 1.99. The van der Waals surface area contributed by atoms with Crippen molar-refractivity contribution < 1.29 is 4.39 Å². The summed E-state index contributed by atoms with van der Waals surface area (Å²) in [5.74, 6) is 0. The average molecular weight is 223 g/mol. The lowest BCUT2D eigenvalue weighted by atomic mass is 10.3. The zero-order valence-electron chi connectivity index (χ0n) is 6.86. The Morgan fingerprint density at radius 1 is 1.46 bits per heavy atom. The molecule has 1 rings (SSSR count). The summed E-state index contributed by atoms with van der Waals surface area (Å²) in [5.41, 5.74) is 0.892. The van der Waals surface area contributed by atoms with Crippen LogP contribution >= 0.6 is 23.2 Å². The molecule has 0 bridgehead atoms. The molecular formula is C8H9Cl2FN2. The summed E-state index contributed by atoms with van der Waals surface area (Å²) in [6, 6.07) is 1.71. The summed E-state index contributed by atoms with van der Waals surface area (Å²) in [5, 5.41) is 3.59. The van der Waals surface area contributed by atoms with Crippen LogP contribution in [0.2, 0.25) is 10.2 Å². The number of rotatable bonds is 4. The van der Waals surface area contributed by atoms with Crippen LogP contribution in [-0.2, 0) is 6.54 Å². The van der Waals surface area contributed by atoms with Gasteiger partial charge in [-0.1, -0.05) is 23.2 Å². The second kappa shape index (κ2) is 5.37. The lowest BCUT2D eigenvalue weighted by Gasteiger charge is -2.02. The van der Waals surface area contributed by atoms with Crippen molar-refractivity contribution >= 4 is 23.2 Å². The van der Waals surface area contributed by atoms with Crippen molar-refractivity contribution in [2.75, 3.05) is 13.2 Å². The third-order valence-corrected chi connectivity index (χ3v) is 2.14. The highest BCUT2D eigenvalue weighted by Crippen LogP contribution is 2.19. The summed E-state index contributed by atoms with van der Waals surface area (Å²) >= 11 is 11.3. The first-order valence-electron chi connectivity index (χ1n) is 3.80. The molecule has 0 unspecified atom stereocenters. The second-order valence-electron chi connectivity index (χ2n) is 2.48. The maximum Gasteiger partial charge on any atom is 0.147 e. The quantitative estimate of drug-likeness (QED) is 0.626. The number of halogens is 3. The number of alkyl halides is 1. The Morgan fingerprint density at radius 3 is 2.85 bits per heavy atom. The minimum Gasteiger partial charge on any atom is -0.310 e. The molecule has 0 amide bonds. The van der Waals surface area contributed by atoms with Crippen LogP contribution in [0.4, 0.5) is 4.39 Å². The third-order valence-electron chi connectivity index (χ3n) is 1.45. The van der Waals surface area contributed by atoms with E-state index >= 15 is 0 Å². The van der Waals surface area contributed by atoms with Crippen molar-refractivity contribution in [3.8, 4) is 0 Å². The molecule has 72 valence electrons. The van der Waals surface area contributed by atoms with Gasteiger partial charge in [0.1, 0.15) is 11.8 Å². The number of aromatic nitrogens is 1. The van der Waals surface area contributed by atoms with E-state index in [4.69, 9.17) is 23.2 Å². The van der Waals surface area contributed by atoms with Crippen LogP contribution in [0.5, 0.6) is 0 Å². The normalized spacial score (nSPS) is 10.4. The van der Waals surface area contributed by atoms with E-state index in [1.54, 1.807) is 12.3 Å².